The fraction of sp³-hybridized carbons (Fsp3) is 0.400. The van der Waals surface area contributed by atoms with Gasteiger partial charge in [0.05, 0.1) is 18.3 Å². The summed E-state index contributed by atoms with van der Waals surface area (Å²) in [7, 11) is 1.81. The molecule has 7 heteroatoms. The van der Waals surface area contributed by atoms with Crippen molar-refractivity contribution in [3.63, 3.8) is 0 Å². The van der Waals surface area contributed by atoms with E-state index in [0.717, 1.165) is 25.7 Å². The number of carbonyl (C=O) groups excluding carboxylic acids is 2. The lowest BCUT2D eigenvalue weighted by Gasteiger charge is -2.41. The van der Waals surface area contributed by atoms with Crippen molar-refractivity contribution in [1.82, 2.24) is 20.2 Å². The van der Waals surface area contributed by atoms with Gasteiger partial charge in [-0.25, -0.2) is 4.98 Å². The van der Waals surface area contributed by atoms with Gasteiger partial charge in [0, 0.05) is 25.5 Å². The lowest BCUT2D eigenvalue weighted by atomic mass is 9.81. The van der Waals surface area contributed by atoms with E-state index in [1.165, 1.54) is 12.4 Å². The number of benzene rings is 1. The van der Waals surface area contributed by atoms with Crippen LogP contribution in [0.25, 0.3) is 0 Å². The fourth-order valence-electron chi connectivity index (χ4n) is 3.90. The Balaban J connectivity index is 1.46. The highest BCUT2D eigenvalue weighted by molar-refractivity contribution is 5.97. The van der Waals surface area contributed by atoms with Gasteiger partial charge in [-0.1, -0.05) is 12.1 Å². The van der Waals surface area contributed by atoms with Gasteiger partial charge < -0.3 is 15.0 Å². The molecule has 27 heavy (non-hydrogen) atoms. The van der Waals surface area contributed by atoms with E-state index < -0.39 is 5.60 Å². The predicted molar refractivity (Wildman–Crippen MR) is 98.5 cm³/mol. The number of para-hydroxylation sites is 1. The molecular formula is C20H22N4O3. The van der Waals surface area contributed by atoms with Crippen LogP contribution in [0.2, 0.25) is 0 Å². The topological polar surface area (TPSA) is 84.4 Å². The summed E-state index contributed by atoms with van der Waals surface area (Å²) in [6, 6.07) is 7.46. The average molecular weight is 366 g/mol. The maximum atomic E-state index is 12.6. The number of hydrogen-bond donors (Lipinski definition) is 1. The van der Waals surface area contributed by atoms with Crippen LogP contribution in [0.1, 0.15) is 46.5 Å². The Hall–Kier alpha value is -2.96. The minimum atomic E-state index is -0.421. The van der Waals surface area contributed by atoms with Crippen molar-refractivity contribution in [2.75, 3.05) is 13.6 Å². The van der Waals surface area contributed by atoms with Gasteiger partial charge in [-0.05, 0) is 37.8 Å². The molecule has 1 fully saturated rings. The molecule has 4 rings (SSSR count). The average Bonchev–Trinajstić information content (AvgIpc) is 2.85. The van der Waals surface area contributed by atoms with Crippen LogP contribution in [0.4, 0.5) is 0 Å². The Morgan fingerprint density at radius 2 is 2.04 bits per heavy atom. The highest BCUT2D eigenvalue weighted by atomic mass is 16.5. The lowest BCUT2D eigenvalue weighted by molar-refractivity contribution is 0.0102. The number of aromatic nitrogens is 2. The highest BCUT2D eigenvalue weighted by Gasteiger charge is 2.41. The van der Waals surface area contributed by atoms with Crippen molar-refractivity contribution < 1.29 is 14.3 Å². The first kappa shape index (κ1) is 17.5. The third-order valence-corrected chi connectivity index (χ3v) is 5.55. The molecular weight excluding hydrogens is 344 g/mol. The van der Waals surface area contributed by atoms with E-state index in [4.69, 9.17) is 4.74 Å². The number of ether oxygens (including phenoxy) is 1. The van der Waals surface area contributed by atoms with Gasteiger partial charge >= 0.3 is 0 Å². The summed E-state index contributed by atoms with van der Waals surface area (Å²) in [5, 5.41) is 2.99. The van der Waals surface area contributed by atoms with Gasteiger partial charge in [0.2, 0.25) is 0 Å². The van der Waals surface area contributed by atoms with Gasteiger partial charge in [0.25, 0.3) is 11.8 Å². The van der Waals surface area contributed by atoms with Crippen molar-refractivity contribution in [2.24, 2.45) is 0 Å². The zero-order valence-electron chi connectivity index (χ0n) is 15.2. The largest absolute Gasteiger partial charge is 0.485 e. The predicted octanol–water partition coefficient (Wildman–Crippen LogP) is 2.05. The summed E-state index contributed by atoms with van der Waals surface area (Å²) < 4.78 is 6.32. The second kappa shape index (κ2) is 6.98. The zero-order chi connectivity index (χ0) is 18.9. The smallest absolute Gasteiger partial charge is 0.274 e. The minimum absolute atomic E-state index is 0.0976. The number of nitrogens with zero attached hydrogens (tertiary/aromatic N) is 3. The van der Waals surface area contributed by atoms with E-state index in [1.807, 2.05) is 25.2 Å². The molecule has 2 aromatic rings. The quantitative estimate of drug-likeness (QED) is 0.879. The highest BCUT2D eigenvalue weighted by Crippen LogP contribution is 2.37. The van der Waals surface area contributed by atoms with Crippen LogP contribution in [0.5, 0.6) is 5.75 Å². The van der Waals surface area contributed by atoms with Crippen LogP contribution in [-0.2, 0) is 0 Å². The molecule has 1 saturated carbocycles. The second-order valence-corrected chi connectivity index (χ2v) is 7.20. The molecule has 2 amide bonds. The molecule has 0 bridgehead atoms. The summed E-state index contributed by atoms with van der Waals surface area (Å²) in [5.74, 6) is 0.416. The van der Waals surface area contributed by atoms with Crippen LogP contribution in [0.15, 0.2) is 42.9 Å². The molecule has 1 N–H and O–H groups in total. The molecule has 0 atom stereocenters. The number of carbonyl (C=O) groups is 2. The maximum absolute atomic E-state index is 12.6. The Morgan fingerprint density at radius 3 is 2.78 bits per heavy atom. The molecule has 1 aliphatic carbocycles. The Kier molecular flexibility index (Phi) is 4.51. The summed E-state index contributed by atoms with van der Waals surface area (Å²) >= 11 is 0. The number of rotatable bonds is 2. The summed E-state index contributed by atoms with van der Waals surface area (Å²) in [5.41, 5.74) is 0.508. The maximum Gasteiger partial charge on any atom is 0.274 e. The van der Waals surface area contributed by atoms with Gasteiger partial charge in [0.1, 0.15) is 17.0 Å². The van der Waals surface area contributed by atoms with Crippen LogP contribution < -0.4 is 10.1 Å². The van der Waals surface area contributed by atoms with Crippen LogP contribution >= 0.6 is 0 Å². The van der Waals surface area contributed by atoms with Crippen LogP contribution in [0, 0.1) is 0 Å². The zero-order valence-corrected chi connectivity index (χ0v) is 15.2. The van der Waals surface area contributed by atoms with E-state index >= 15 is 0 Å². The van der Waals surface area contributed by atoms with Crippen LogP contribution in [-0.4, -0.2) is 51.9 Å². The van der Waals surface area contributed by atoms with Crippen molar-refractivity contribution >= 4 is 11.8 Å². The standard InChI is InChI=1S/C20H22N4O3/c1-24(19(26)16-12-21-10-11-22-16)14-6-8-20(9-7-14)13-23-18(25)15-4-2-3-5-17(15)27-20/h2-5,10-12,14H,6-9,13H2,1H3,(H,23,25). The molecule has 140 valence electrons. The van der Waals surface area contributed by atoms with Crippen molar-refractivity contribution in [3.05, 3.63) is 54.1 Å². The molecule has 2 heterocycles. The molecule has 1 spiro atoms. The summed E-state index contributed by atoms with van der Waals surface area (Å²) in [4.78, 5) is 34.7. The van der Waals surface area contributed by atoms with E-state index in [2.05, 4.69) is 15.3 Å². The van der Waals surface area contributed by atoms with Crippen molar-refractivity contribution in [1.29, 1.82) is 0 Å². The number of hydrogen-bond acceptors (Lipinski definition) is 5. The number of nitrogens with one attached hydrogen (secondary N) is 1. The fourth-order valence-corrected chi connectivity index (χ4v) is 3.90. The molecule has 2 aliphatic rings. The van der Waals surface area contributed by atoms with E-state index in [0.29, 0.717) is 23.6 Å². The third kappa shape index (κ3) is 3.37. The third-order valence-electron chi connectivity index (χ3n) is 5.55. The molecule has 0 unspecified atom stereocenters. The normalized spacial score (nSPS) is 24.3. The molecule has 1 aliphatic heterocycles. The van der Waals surface area contributed by atoms with Gasteiger partial charge in [-0.2, -0.15) is 0 Å². The first-order chi connectivity index (χ1) is 13.1. The molecule has 7 nitrogen and oxygen atoms in total. The van der Waals surface area contributed by atoms with Gasteiger partial charge in [-0.3, -0.25) is 14.6 Å². The SMILES string of the molecule is CN(C(=O)c1cnccn1)C1CCC2(CC1)CNC(=O)c1ccccc1O2. The van der Waals surface area contributed by atoms with E-state index in [-0.39, 0.29) is 17.9 Å². The van der Waals surface area contributed by atoms with Gasteiger partial charge in [0.15, 0.2) is 0 Å². The lowest BCUT2D eigenvalue weighted by Crippen LogP contribution is -2.51. The molecule has 0 radical (unpaired) electrons. The van der Waals surface area contributed by atoms with Crippen molar-refractivity contribution in [2.45, 2.75) is 37.3 Å². The Morgan fingerprint density at radius 1 is 1.26 bits per heavy atom. The molecule has 1 aromatic heterocycles. The van der Waals surface area contributed by atoms with Crippen molar-refractivity contribution in [3.8, 4) is 5.75 Å². The number of amides is 2. The first-order valence-electron chi connectivity index (χ1n) is 9.17. The molecule has 1 aromatic carbocycles. The number of fused-ring (bicyclic) bond motifs is 1. The minimum Gasteiger partial charge on any atom is -0.485 e. The van der Waals surface area contributed by atoms with Crippen LogP contribution in [0.3, 0.4) is 0 Å². The monoisotopic (exact) mass is 366 g/mol. The van der Waals surface area contributed by atoms with Gasteiger partial charge in [-0.15, -0.1) is 0 Å². The first-order valence-corrected chi connectivity index (χ1v) is 9.17. The second-order valence-electron chi connectivity index (χ2n) is 7.20. The Labute approximate surface area is 157 Å². The molecule has 0 saturated heterocycles. The summed E-state index contributed by atoms with van der Waals surface area (Å²) in [6.07, 6.45) is 7.72. The summed E-state index contributed by atoms with van der Waals surface area (Å²) in [6.45, 7) is 0.481. The van der Waals surface area contributed by atoms with E-state index in [9.17, 15) is 9.59 Å². The Bertz CT molecular complexity index is 847. The van der Waals surface area contributed by atoms with E-state index in [1.54, 1.807) is 17.2 Å².